The van der Waals surface area contributed by atoms with Crippen molar-refractivity contribution in [1.29, 1.82) is 0 Å². The lowest BCUT2D eigenvalue weighted by molar-refractivity contribution is 0.0246. The van der Waals surface area contributed by atoms with Crippen LogP contribution in [0.25, 0.3) is 11.3 Å². The van der Waals surface area contributed by atoms with Gasteiger partial charge in [0.1, 0.15) is 11.2 Å². The number of alkyl carbamates (subject to hydrolysis) is 1. The highest BCUT2D eigenvalue weighted by Crippen LogP contribution is 2.37. The molecular formula is C27H37FN6O6. The Morgan fingerprint density at radius 2 is 1.85 bits per heavy atom. The molecule has 218 valence electrons. The zero-order chi connectivity index (χ0) is 29.4. The summed E-state index contributed by atoms with van der Waals surface area (Å²) in [6.45, 7) is 13.1. The van der Waals surface area contributed by atoms with E-state index < -0.39 is 47.2 Å². The minimum atomic E-state index is -0.871. The Morgan fingerprint density at radius 1 is 1.15 bits per heavy atom. The highest BCUT2D eigenvalue weighted by molar-refractivity contribution is 6.10. The van der Waals surface area contributed by atoms with Crippen molar-refractivity contribution in [1.82, 2.24) is 25.0 Å². The van der Waals surface area contributed by atoms with Crippen LogP contribution in [0.3, 0.4) is 0 Å². The predicted molar refractivity (Wildman–Crippen MR) is 143 cm³/mol. The highest BCUT2D eigenvalue weighted by Gasteiger charge is 2.41. The molecule has 0 radical (unpaired) electrons. The first kappa shape index (κ1) is 29.2. The first-order valence-electron chi connectivity index (χ1n) is 13.3. The Hall–Kier alpha value is -3.74. The molecule has 0 unspecified atom stereocenters. The number of anilines is 1. The Balaban J connectivity index is 1.70. The standard InChI is InChI=1S/C27H37FN6O6/c1-8-33-12-15(11-29-33)21-19-16(13-34(23(19)35)25(37)40-27(5,6)7)20(28)22(32-21)30-17-9-10-38-14-18(17)31-24(36)39-26(2,3)4/h11-12,17-18H,8-10,13-14H2,1-7H3,(H,30,32)(H,31,36)/t17-,18+/m1/s1. The number of carbonyl (C=O) groups excluding carboxylic acids is 3. The van der Waals surface area contributed by atoms with Crippen LogP contribution in [0.4, 0.5) is 19.8 Å². The van der Waals surface area contributed by atoms with E-state index >= 15 is 4.39 Å². The van der Waals surface area contributed by atoms with Gasteiger partial charge in [0.15, 0.2) is 11.6 Å². The molecule has 2 aliphatic rings. The van der Waals surface area contributed by atoms with Crippen LogP contribution in [0.5, 0.6) is 0 Å². The molecule has 1 fully saturated rings. The summed E-state index contributed by atoms with van der Waals surface area (Å²) < 4.78 is 34.0. The lowest BCUT2D eigenvalue weighted by atomic mass is 10.0. The number of carbonyl (C=O) groups is 3. The Bertz CT molecular complexity index is 1300. The molecule has 2 atom stereocenters. The Labute approximate surface area is 232 Å². The smallest absolute Gasteiger partial charge is 0.417 e. The summed E-state index contributed by atoms with van der Waals surface area (Å²) in [6, 6.07) is -0.990. The topological polar surface area (TPSA) is 137 Å². The number of halogens is 1. The Morgan fingerprint density at radius 3 is 2.48 bits per heavy atom. The maximum Gasteiger partial charge on any atom is 0.417 e. The number of amides is 3. The number of pyridine rings is 1. The van der Waals surface area contributed by atoms with Gasteiger partial charge in [-0.25, -0.2) is 23.9 Å². The van der Waals surface area contributed by atoms with Gasteiger partial charge in [-0.15, -0.1) is 0 Å². The van der Waals surface area contributed by atoms with Crippen LogP contribution < -0.4 is 10.6 Å². The maximum atomic E-state index is 16.0. The van der Waals surface area contributed by atoms with Crippen molar-refractivity contribution in [2.24, 2.45) is 0 Å². The number of hydrogen-bond acceptors (Lipinski definition) is 9. The molecule has 12 nitrogen and oxygen atoms in total. The molecule has 4 heterocycles. The van der Waals surface area contributed by atoms with Crippen molar-refractivity contribution in [3.05, 3.63) is 29.3 Å². The predicted octanol–water partition coefficient (Wildman–Crippen LogP) is 4.09. The van der Waals surface area contributed by atoms with Crippen LogP contribution in [0.15, 0.2) is 12.4 Å². The van der Waals surface area contributed by atoms with Crippen molar-refractivity contribution in [3.63, 3.8) is 0 Å². The van der Waals surface area contributed by atoms with Gasteiger partial charge in [0.2, 0.25) is 0 Å². The average molecular weight is 561 g/mol. The van der Waals surface area contributed by atoms with Crippen LogP contribution >= 0.6 is 0 Å². The summed E-state index contributed by atoms with van der Waals surface area (Å²) in [6.07, 6.45) is 2.20. The van der Waals surface area contributed by atoms with Gasteiger partial charge >= 0.3 is 12.2 Å². The highest BCUT2D eigenvalue weighted by atomic mass is 19.1. The summed E-state index contributed by atoms with van der Waals surface area (Å²) in [5, 5.41) is 10.2. The first-order chi connectivity index (χ1) is 18.7. The van der Waals surface area contributed by atoms with Crippen molar-refractivity contribution in [2.75, 3.05) is 18.5 Å². The minimum Gasteiger partial charge on any atom is -0.444 e. The number of nitrogens with one attached hydrogen (secondary N) is 2. The molecule has 0 bridgehead atoms. The fraction of sp³-hybridized carbons (Fsp3) is 0.593. The molecule has 40 heavy (non-hydrogen) atoms. The molecule has 1 saturated heterocycles. The van der Waals surface area contributed by atoms with E-state index in [1.165, 1.54) is 0 Å². The van der Waals surface area contributed by atoms with Crippen molar-refractivity contribution >= 4 is 23.9 Å². The number of aromatic nitrogens is 3. The van der Waals surface area contributed by atoms with Crippen molar-refractivity contribution in [2.45, 2.75) is 91.3 Å². The monoisotopic (exact) mass is 560 g/mol. The fourth-order valence-electron chi connectivity index (χ4n) is 4.47. The number of ether oxygens (including phenoxy) is 3. The molecule has 2 aliphatic heterocycles. The van der Waals surface area contributed by atoms with Gasteiger partial charge < -0.3 is 24.8 Å². The number of hydrogen-bond donors (Lipinski definition) is 2. The van der Waals surface area contributed by atoms with Gasteiger partial charge in [0, 0.05) is 30.5 Å². The second-order valence-electron chi connectivity index (χ2n) is 11.8. The molecule has 2 N–H and O–H groups in total. The van der Waals surface area contributed by atoms with E-state index in [2.05, 4.69) is 20.7 Å². The van der Waals surface area contributed by atoms with Gasteiger partial charge in [-0.2, -0.15) is 5.10 Å². The normalized spacial score (nSPS) is 19.3. The number of rotatable bonds is 5. The third-order valence-corrected chi connectivity index (χ3v) is 6.24. The van der Waals surface area contributed by atoms with Gasteiger partial charge in [-0.3, -0.25) is 9.48 Å². The van der Waals surface area contributed by atoms with Crippen LogP contribution in [-0.4, -0.2) is 74.3 Å². The maximum absolute atomic E-state index is 16.0. The Kier molecular flexibility index (Phi) is 8.06. The van der Waals surface area contributed by atoms with E-state index in [1.807, 2.05) is 6.92 Å². The van der Waals surface area contributed by atoms with Crippen LogP contribution in [0.1, 0.15) is 70.8 Å². The number of aryl methyl sites for hydroxylation is 1. The molecule has 0 aliphatic carbocycles. The quantitative estimate of drug-likeness (QED) is 0.554. The van der Waals surface area contributed by atoms with E-state index in [1.54, 1.807) is 58.6 Å². The number of nitrogens with zero attached hydrogens (tertiary/aromatic N) is 4. The van der Waals surface area contributed by atoms with Crippen molar-refractivity contribution < 1.29 is 33.0 Å². The van der Waals surface area contributed by atoms with Gasteiger partial charge in [-0.05, 0) is 54.9 Å². The van der Waals surface area contributed by atoms with Crippen molar-refractivity contribution in [3.8, 4) is 11.3 Å². The first-order valence-corrected chi connectivity index (χ1v) is 13.3. The molecule has 13 heteroatoms. The summed E-state index contributed by atoms with van der Waals surface area (Å²) in [4.78, 5) is 44.1. The van der Waals surface area contributed by atoms with Crippen LogP contribution in [0.2, 0.25) is 0 Å². The third kappa shape index (κ3) is 6.52. The van der Waals surface area contributed by atoms with E-state index in [0.717, 1.165) is 4.90 Å². The number of fused-ring (bicyclic) bond motifs is 1. The van der Waals surface area contributed by atoms with Gasteiger partial charge in [0.25, 0.3) is 5.91 Å². The van der Waals surface area contributed by atoms with E-state index in [-0.39, 0.29) is 35.8 Å². The molecule has 2 aromatic rings. The minimum absolute atomic E-state index is 0.0139. The van der Waals surface area contributed by atoms with Gasteiger partial charge in [0.05, 0.1) is 42.7 Å². The largest absolute Gasteiger partial charge is 0.444 e. The zero-order valence-electron chi connectivity index (χ0n) is 24.0. The third-order valence-electron chi connectivity index (χ3n) is 6.24. The van der Waals surface area contributed by atoms with Crippen LogP contribution in [0, 0.1) is 5.82 Å². The van der Waals surface area contributed by atoms with E-state index in [9.17, 15) is 14.4 Å². The SMILES string of the molecule is CCn1cc(-c2nc(N[C@@H]3CCOC[C@@H]3NC(=O)OC(C)(C)C)c(F)c3c2C(=O)N(C(=O)OC(C)(C)C)C3)cn1. The lowest BCUT2D eigenvalue weighted by Crippen LogP contribution is -2.53. The molecule has 2 aromatic heterocycles. The zero-order valence-corrected chi connectivity index (χ0v) is 24.0. The summed E-state index contributed by atoms with van der Waals surface area (Å²) >= 11 is 0. The average Bonchev–Trinajstić information content (AvgIpc) is 3.45. The fourth-order valence-corrected chi connectivity index (χ4v) is 4.47. The van der Waals surface area contributed by atoms with E-state index in [0.29, 0.717) is 25.1 Å². The van der Waals surface area contributed by atoms with Crippen LogP contribution in [-0.2, 0) is 27.3 Å². The molecule has 0 spiro atoms. The molecule has 4 rings (SSSR count). The molecule has 0 aromatic carbocycles. The molecule has 3 amide bonds. The lowest BCUT2D eigenvalue weighted by Gasteiger charge is -2.33. The second kappa shape index (κ2) is 11.0. The molecule has 0 saturated carbocycles. The summed E-state index contributed by atoms with van der Waals surface area (Å²) in [5.74, 6) is -1.57. The summed E-state index contributed by atoms with van der Waals surface area (Å²) in [5.41, 5.74) is -0.842. The molecular weight excluding hydrogens is 523 g/mol. The number of imide groups is 1. The summed E-state index contributed by atoms with van der Waals surface area (Å²) in [7, 11) is 0. The van der Waals surface area contributed by atoms with Gasteiger partial charge in [-0.1, -0.05) is 0 Å². The van der Waals surface area contributed by atoms with E-state index in [4.69, 9.17) is 14.2 Å². The second-order valence-corrected chi connectivity index (χ2v) is 11.8.